The smallest absolute Gasteiger partial charge is 0.253 e. The fourth-order valence-corrected chi connectivity index (χ4v) is 4.70. The SMILES string of the molecule is O=C(Nc1ccc(C(=O)N2CCCCC2)cc1)[C@@H]1[C@@H](C(=O)[O-])[C@H]2C=C[C@@H]1C2. The zero-order valence-corrected chi connectivity index (χ0v) is 15.1. The number of anilines is 1. The van der Waals surface area contributed by atoms with Crippen LogP contribution >= 0.6 is 0 Å². The van der Waals surface area contributed by atoms with E-state index in [4.69, 9.17) is 0 Å². The summed E-state index contributed by atoms with van der Waals surface area (Å²) in [6, 6.07) is 6.82. The molecule has 4 rings (SSSR count). The number of amides is 2. The first-order valence-electron chi connectivity index (χ1n) is 9.64. The normalized spacial score (nSPS) is 29.0. The molecular formula is C21H23N2O4-. The lowest BCUT2D eigenvalue weighted by Gasteiger charge is -2.28. The molecule has 142 valence electrons. The monoisotopic (exact) mass is 367 g/mol. The van der Waals surface area contributed by atoms with Crippen molar-refractivity contribution in [2.24, 2.45) is 23.7 Å². The summed E-state index contributed by atoms with van der Waals surface area (Å²) in [6.07, 6.45) is 7.76. The van der Waals surface area contributed by atoms with Gasteiger partial charge in [-0.25, -0.2) is 0 Å². The lowest BCUT2D eigenvalue weighted by atomic mass is 9.82. The molecule has 1 saturated carbocycles. The molecule has 1 N–H and O–H groups in total. The van der Waals surface area contributed by atoms with Crippen molar-refractivity contribution in [1.29, 1.82) is 0 Å². The van der Waals surface area contributed by atoms with E-state index in [0.29, 0.717) is 17.7 Å². The second-order valence-corrected chi connectivity index (χ2v) is 7.74. The Morgan fingerprint density at radius 3 is 2.19 bits per heavy atom. The number of carboxylic acids is 1. The summed E-state index contributed by atoms with van der Waals surface area (Å²) in [5.41, 5.74) is 1.17. The van der Waals surface area contributed by atoms with Gasteiger partial charge in [0.15, 0.2) is 0 Å². The average molecular weight is 367 g/mol. The van der Waals surface area contributed by atoms with E-state index in [2.05, 4.69) is 5.32 Å². The van der Waals surface area contributed by atoms with Gasteiger partial charge in [0.05, 0.1) is 5.92 Å². The van der Waals surface area contributed by atoms with E-state index in [0.717, 1.165) is 25.9 Å². The number of allylic oxidation sites excluding steroid dienone is 2. The van der Waals surface area contributed by atoms with Gasteiger partial charge in [0.2, 0.25) is 5.91 Å². The number of carbonyl (C=O) groups is 3. The van der Waals surface area contributed by atoms with Gasteiger partial charge in [-0.2, -0.15) is 0 Å². The molecule has 1 saturated heterocycles. The number of hydrogen-bond acceptors (Lipinski definition) is 4. The molecule has 0 radical (unpaired) electrons. The van der Waals surface area contributed by atoms with Crippen LogP contribution in [-0.2, 0) is 9.59 Å². The highest BCUT2D eigenvalue weighted by Crippen LogP contribution is 2.48. The summed E-state index contributed by atoms with van der Waals surface area (Å²) >= 11 is 0. The Bertz CT molecular complexity index is 780. The van der Waals surface area contributed by atoms with Crippen molar-refractivity contribution in [3.63, 3.8) is 0 Å². The largest absolute Gasteiger partial charge is 0.550 e. The van der Waals surface area contributed by atoms with Gasteiger partial charge in [0.1, 0.15) is 0 Å². The van der Waals surface area contributed by atoms with Crippen molar-refractivity contribution in [1.82, 2.24) is 4.90 Å². The van der Waals surface area contributed by atoms with Gasteiger partial charge in [0, 0.05) is 36.2 Å². The molecule has 6 nitrogen and oxygen atoms in total. The van der Waals surface area contributed by atoms with Crippen molar-refractivity contribution in [2.75, 3.05) is 18.4 Å². The van der Waals surface area contributed by atoms with Crippen LogP contribution in [0.4, 0.5) is 5.69 Å². The van der Waals surface area contributed by atoms with Crippen LogP contribution in [0.2, 0.25) is 0 Å². The summed E-state index contributed by atoms with van der Waals surface area (Å²) in [6.45, 7) is 1.58. The van der Waals surface area contributed by atoms with E-state index in [1.54, 1.807) is 24.3 Å². The third kappa shape index (κ3) is 3.36. The Kier molecular flexibility index (Phi) is 4.72. The molecule has 2 aliphatic carbocycles. The maximum atomic E-state index is 12.7. The van der Waals surface area contributed by atoms with Crippen LogP contribution in [0, 0.1) is 23.7 Å². The standard InChI is InChI=1S/C21H24N2O4/c24-19(17-14-4-5-15(12-14)18(17)21(26)27)22-16-8-6-13(7-9-16)20(25)23-10-2-1-3-11-23/h4-9,14-15,17-18H,1-3,10-12H2,(H,22,24)(H,26,27)/p-1/t14-,15+,17+,18+/m1/s1. The molecule has 0 unspecified atom stereocenters. The summed E-state index contributed by atoms with van der Waals surface area (Å²) in [5.74, 6) is -2.95. The number of hydrogen-bond donors (Lipinski definition) is 1. The number of benzene rings is 1. The number of carbonyl (C=O) groups excluding carboxylic acids is 3. The summed E-state index contributed by atoms with van der Waals surface area (Å²) in [4.78, 5) is 38.5. The zero-order valence-electron chi connectivity index (χ0n) is 15.1. The minimum Gasteiger partial charge on any atom is -0.550 e. The maximum absolute atomic E-state index is 12.7. The highest BCUT2D eigenvalue weighted by Gasteiger charge is 2.48. The predicted molar refractivity (Wildman–Crippen MR) is 97.6 cm³/mol. The predicted octanol–water partition coefficient (Wildman–Crippen LogP) is 1.44. The molecule has 2 fully saturated rings. The molecule has 1 aromatic rings. The van der Waals surface area contributed by atoms with Crippen molar-refractivity contribution in [3.05, 3.63) is 42.0 Å². The molecule has 2 bridgehead atoms. The third-order valence-corrected chi connectivity index (χ3v) is 6.08. The Labute approximate surface area is 158 Å². The van der Waals surface area contributed by atoms with Crippen LogP contribution in [-0.4, -0.2) is 35.8 Å². The maximum Gasteiger partial charge on any atom is 0.253 e. The molecule has 2 amide bonds. The lowest BCUT2D eigenvalue weighted by molar-refractivity contribution is -0.313. The molecule has 0 aromatic heterocycles. The van der Waals surface area contributed by atoms with E-state index in [1.165, 1.54) is 6.42 Å². The molecule has 0 spiro atoms. The van der Waals surface area contributed by atoms with Gasteiger partial charge >= 0.3 is 0 Å². The van der Waals surface area contributed by atoms with E-state index in [9.17, 15) is 19.5 Å². The molecule has 1 aromatic carbocycles. The molecule has 1 heterocycles. The molecule has 4 atom stereocenters. The van der Waals surface area contributed by atoms with Gasteiger partial charge in [-0.15, -0.1) is 0 Å². The number of rotatable bonds is 4. The number of nitrogens with one attached hydrogen (secondary N) is 1. The quantitative estimate of drug-likeness (QED) is 0.816. The van der Waals surface area contributed by atoms with E-state index in [1.807, 2.05) is 17.1 Å². The van der Waals surface area contributed by atoms with Crippen LogP contribution in [0.15, 0.2) is 36.4 Å². The third-order valence-electron chi connectivity index (χ3n) is 6.08. The zero-order chi connectivity index (χ0) is 19.0. The highest BCUT2D eigenvalue weighted by atomic mass is 16.4. The van der Waals surface area contributed by atoms with Crippen molar-refractivity contribution in [3.8, 4) is 0 Å². The molecular weight excluding hydrogens is 344 g/mol. The van der Waals surface area contributed by atoms with Crippen LogP contribution < -0.4 is 10.4 Å². The fraction of sp³-hybridized carbons (Fsp3) is 0.476. The van der Waals surface area contributed by atoms with Crippen molar-refractivity contribution >= 4 is 23.5 Å². The lowest BCUT2D eigenvalue weighted by Crippen LogP contribution is -2.42. The van der Waals surface area contributed by atoms with Crippen LogP contribution in [0.1, 0.15) is 36.0 Å². The Morgan fingerprint density at radius 2 is 1.56 bits per heavy atom. The van der Waals surface area contributed by atoms with Gasteiger partial charge in [-0.1, -0.05) is 12.2 Å². The van der Waals surface area contributed by atoms with Crippen LogP contribution in [0.3, 0.4) is 0 Å². The topological polar surface area (TPSA) is 89.5 Å². The molecule has 6 heteroatoms. The number of likely N-dealkylation sites (tertiary alicyclic amines) is 1. The van der Waals surface area contributed by atoms with Gasteiger partial charge < -0.3 is 20.1 Å². The van der Waals surface area contributed by atoms with Gasteiger partial charge in [-0.05, 0) is 61.8 Å². The number of nitrogens with zero attached hydrogens (tertiary/aromatic N) is 1. The number of fused-ring (bicyclic) bond motifs is 2. The van der Waals surface area contributed by atoms with E-state index < -0.39 is 17.8 Å². The second kappa shape index (κ2) is 7.18. The van der Waals surface area contributed by atoms with Gasteiger partial charge in [0.25, 0.3) is 5.91 Å². The molecule has 27 heavy (non-hydrogen) atoms. The number of carboxylic acid groups (broad SMARTS) is 1. The first-order chi connectivity index (χ1) is 13.0. The van der Waals surface area contributed by atoms with E-state index in [-0.39, 0.29) is 23.7 Å². The van der Waals surface area contributed by atoms with E-state index >= 15 is 0 Å². The summed E-state index contributed by atoms with van der Waals surface area (Å²) in [7, 11) is 0. The summed E-state index contributed by atoms with van der Waals surface area (Å²) < 4.78 is 0. The fourth-order valence-electron chi connectivity index (χ4n) is 4.70. The molecule has 1 aliphatic heterocycles. The first-order valence-corrected chi connectivity index (χ1v) is 9.64. The minimum absolute atomic E-state index is 0.0165. The Hall–Kier alpha value is -2.63. The Balaban J connectivity index is 1.42. The number of aliphatic carboxylic acids is 1. The Morgan fingerprint density at radius 1 is 0.926 bits per heavy atom. The summed E-state index contributed by atoms with van der Waals surface area (Å²) in [5, 5.41) is 14.3. The average Bonchev–Trinajstić information content (AvgIpc) is 3.30. The van der Waals surface area contributed by atoms with Crippen LogP contribution in [0.5, 0.6) is 0 Å². The number of piperidine rings is 1. The highest BCUT2D eigenvalue weighted by molar-refractivity contribution is 5.98. The van der Waals surface area contributed by atoms with Gasteiger partial charge in [-0.3, -0.25) is 9.59 Å². The van der Waals surface area contributed by atoms with Crippen molar-refractivity contribution in [2.45, 2.75) is 25.7 Å². The first kappa shape index (κ1) is 17.8. The second-order valence-electron chi connectivity index (χ2n) is 7.74. The van der Waals surface area contributed by atoms with Crippen molar-refractivity contribution < 1.29 is 19.5 Å². The molecule has 3 aliphatic rings. The van der Waals surface area contributed by atoms with Crippen LogP contribution in [0.25, 0.3) is 0 Å². The minimum atomic E-state index is -1.16.